The second-order valence-electron chi connectivity index (χ2n) is 6.02. The number of rotatable bonds is 3. The third kappa shape index (κ3) is 3.39. The summed E-state index contributed by atoms with van der Waals surface area (Å²) >= 11 is 1.38. The lowest BCUT2D eigenvalue weighted by atomic mass is 9.84. The molecule has 1 aliphatic heterocycles. The number of nitrogen functional groups attached to an aromatic ring is 1. The lowest BCUT2D eigenvalue weighted by molar-refractivity contribution is -0.134. The number of amides is 2. The maximum Gasteiger partial charge on any atom is 0.405 e. The third-order valence-corrected chi connectivity index (χ3v) is 5.40. The molecule has 1 aromatic heterocycles. The molecule has 2 heterocycles. The van der Waals surface area contributed by atoms with Gasteiger partial charge in [0.2, 0.25) is 5.91 Å². The van der Waals surface area contributed by atoms with Gasteiger partial charge in [-0.25, -0.2) is 14.2 Å². The number of alkyl halides is 1. The van der Waals surface area contributed by atoms with Gasteiger partial charge in [-0.15, -0.1) is 11.3 Å². The highest BCUT2D eigenvalue weighted by atomic mass is 32.1. The quantitative estimate of drug-likeness (QED) is 0.760. The van der Waals surface area contributed by atoms with Crippen LogP contribution in [0.3, 0.4) is 0 Å². The number of fused-ring (bicyclic) bond motifs is 1. The largest absolute Gasteiger partial charge is 0.465 e. The summed E-state index contributed by atoms with van der Waals surface area (Å²) in [6.45, 7) is 0.380. The Morgan fingerprint density at radius 1 is 1.48 bits per heavy atom. The van der Waals surface area contributed by atoms with E-state index in [2.05, 4.69) is 10.3 Å². The van der Waals surface area contributed by atoms with E-state index in [1.165, 1.54) is 16.2 Å². The molecule has 7 nitrogen and oxygen atoms in total. The van der Waals surface area contributed by atoms with Gasteiger partial charge in [0.1, 0.15) is 12.2 Å². The van der Waals surface area contributed by atoms with Gasteiger partial charge in [-0.2, -0.15) is 0 Å². The van der Waals surface area contributed by atoms with Gasteiger partial charge in [0.25, 0.3) is 0 Å². The van der Waals surface area contributed by atoms with Crippen molar-refractivity contribution in [2.24, 2.45) is 5.92 Å². The molecule has 3 atom stereocenters. The lowest BCUT2D eigenvalue weighted by Gasteiger charge is -2.31. The number of likely N-dealkylation sites (tertiary alicyclic amines) is 1. The Balaban J connectivity index is 1.76. The number of thiazole rings is 1. The van der Waals surface area contributed by atoms with E-state index in [4.69, 9.17) is 10.8 Å². The summed E-state index contributed by atoms with van der Waals surface area (Å²) in [7, 11) is 0. The number of anilines is 1. The number of nitrogens with one attached hydrogen (secondary N) is 1. The van der Waals surface area contributed by atoms with Gasteiger partial charge >= 0.3 is 6.09 Å². The van der Waals surface area contributed by atoms with E-state index in [-0.39, 0.29) is 18.4 Å². The minimum Gasteiger partial charge on any atom is -0.465 e. The normalized spacial score (nSPS) is 25.0. The minimum atomic E-state index is -1.24. The number of carbonyl (C=O) groups is 2. The van der Waals surface area contributed by atoms with E-state index in [0.29, 0.717) is 37.4 Å². The monoisotopic (exact) mass is 342 g/mol. The molecular weight excluding hydrogens is 323 g/mol. The van der Waals surface area contributed by atoms with E-state index >= 15 is 0 Å². The van der Waals surface area contributed by atoms with E-state index in [0.717, 1.165) is 10.6 Å². The summed E-state index contributed by atoms with van der Waals surface area (Å²) in [5.41, 5.74) is 6.66. The molecule has 1 aliphatic carbocycles. The molecular formula is C14H19FN4O3S. The van der Waals surface area contributed by atoms with Crippen molar-refractivity contribution in [1.82, 2.24) is 15.2 Å². The van der Waals surface area contributed by atoms with Gasteiger partial charge in [0, 0.05) is 11.4 Å². The van der Waals surface area contributed by atoms with Crippen LogP contribution < -0.4 is 11.1 Å². The summed E-state index contributed by atoms with van der Waals surface area (Å²) in [6, 6.07) is -0.853. The van der Waals surface area contributed by atoms with Crippen molar-refractivity contribution >= 4 is 28.5 Å². The van der Waals surface area contributed by atoms with Crippen LogP contribution in [0.15, 0.2) is 0 Å². The Morgan fingerprint density at radius 3 is 2.91 bits per heavy atom. The summed E-state index contributed by atoms with van der Waals surface area (Å²) in [5.74, 6) is -0.497. The Bertz CT molecular complexity index is 623. The molecule has 0 radical (unpaired) electrons. The first-order valence-corrected chi connectivity index (χ1v) is 8.42. The molecule has 0 saturated carbocycles. The molecule has 1 fully saturated rings. The van der Waals surface area contributed by atoms with Crippen molar-refractivity contribution in [1.29, 1.82) is 0 Å². The van der Waals surface area contributed by atoms with Gasteiger partial charge in [-0.1, -0.05) is 0 Å². The van der Waals surface area contributed by atoms with Crippen LogP contribution in [0.5, 0.6) is 0 Å². The maximum absolute atomic E-state index is 13.4. The molecule has 1 unspecified atom stereocenters. The number of carboxylic acid groups (broad SMARTS) is 1. The molecule has 9 heteroatoms. The van der Waals surface area contributed by atoms with Crippen LogP contribution >= 0.6 is 11.3 Å². The zero-order chi connectivity index (χ0) is 16.6. The van der Waals surface area contributed by atoms with Crippen molar-refractivity contribution in [3.8, 4) is 0 Å². The number of hydrogen-bond acceptors (Lipinski definition) is 5. The van der Waals surface area contributed by atoms with Crippen LogP contribution in [-0.2, 0) is 17.6 Å². The predicted molar refractivity (Wildman–Crippen MR) is 83.1 cm³/mol. The molecule has 4 N–H and O–H groups in total. The Morgan fingerprint density at radius 2 is 2.26 bits per heavy atom. The summed E-state index contributed by atoms with van der Waals surface area (Å²) in [4.78, 5) is 30.4. The number of nitrogens with two attached hydrogens (primary N) is 1. The van der Waals surface area contributed by atoms with Gasteiger partial charge in [-0.3, -0.25) is 4.79 Å². The van der Waals surface area contributed by atoms with Crippen LogP contribution in [0.25, 0.3) is 0 Å². The average molecular weight is 342 g/mol. The molecule has 0 aromatic carbocycles. The van der Waals surface area contributed by atoms with Crippen molar-refractivity contribution in [2.45, 2.75) is 37.9 Å². The van der Waals surface area contributed by atoms with Crippen LogP contribution in [0.4, 0.5) is 14.3 Å². The first-order chi connectivity index (χ1) is 10.9. The van der Waals surface area contributed by atoms with E-state index in [1.54, 1.807) is 0 Å². The zero-order valence-electron chi connectivity index (χ0n) is 12.5. The topological polar surface area (TPSA) is 109 Å². The second-order valence-corrected chi connectivity index (χ2v) is 7.14. The fourth-order valence-corrected chi connectivity index (χ4v) is 4.30. The average Bonchev–Trinajstić information content (AvgIpc) is 3.07. The molecule has 1 saturated heterocycles. The van der Waals surface area contributed by atoms with Crippen molar-refractivity contribution in [3.63, 3.8) is 0 Å². The van der Waals surface area contributed by atoms with Crippen LogP contribution in [0, 0.1) is 5.92 Å². The van der Waals surface area contributed by atoms with Crippen LogP contribution in [0.1, 0.15) is 23.4 Å². The van der Waals surface area contributed by atoms with Crippen LogP contribution in [-0.4, -0.2) is 52.3 Å². The Kier molecular flexibility index (Phi) is 4.38. The van der Waals surface area contributed by atoms with Crippen LogP contribution in [0.2, 0.25) is 0 Å². The third-order valence-electron chi connectivity index (χ3n) is 4.45. The standard InChI is InChI=1S/C14H19FN4O3S/c15-8-3-4-19(6-8)12(20)11(18-14(21)22)7-1-2-9-10(5-7)23-13(16)17-9/h7-8,11,18H,1-6H2,(H2,16,17)(H,21,22)/t7?,8-,11-/m0/s1. The predicted octanol–water partition coefficient (Wildman–Crippen LogP) is 1.04. The summed E-state index contributed by atoms with van der Waals surface area (Å²) in [6.07, 6.45) is -0.0679. The first-order valence-electron chi connectivity index (χ1n) is 7.60. The molecule has 23 heavy (non-hydrogen) atoms. The summed E-state index contributed by atoms with van der Waals surface area (Å²) in [5, 5.41) is 11.9. The first kappa shape index (κ1) is 16.0. The molecule has 2 aliphatic rings. The molecule has 126 valence electrons. The molecule has 1 aromatic rings. The van der Waals surface area contributed by atoms with E-state index in [1.807, 2.05) is 0 Å². The number of aromatic nitrogens is 1. The van der Waals surface area contributed by atoms with Crippen molar-refractivity contribution in [3.05, 3.63) is 10.6 Å². The van der Waals surface area contributed by atoms with Gasteiger partial charge in [-0.05, 0) is 31.6 Å². The van der Waals surface area contributed by atoms with E-state index in [9.17, 15) is 14.0 Å². The molecule has 2 amide bonds. The second kappa shape index (κ2) is 6.31. The number of halogens is 1. The highest BCUT2D eigenvalue weighted by Gasteiger charge is 2.38. The maximum atomic E-state index is 13.4. The van der Waals surface area contributed by atoms with Gasteiger partial charge in [0.05, 0.1) is 12.2 Å². The van der Waals surface area contributed by atoms with Gasteiger partial charge < -0.3 is 21.1 Å². The Labute approximate surface area is 136 Å². The zero-order valence-corrected chi connectivity index (χ0v) is 13.3. The van der Waals surface area contributed by atoms with Gasteiger partial charge in [0.15, 0.2) is 5.13 Å². The van der Waals surface area contributed by atoms with Crippen molar-refractivity contribution < 1.29 is 19.1 Å². The fraction of sp³-hybridized carbons (Fsp3) is 0.643. The Hall–Kier alpha value is -1.90. The summed E-state index contributed by atoms with van der Waals surface area (Å²) < 4.78 is 13.4. The smallest absolute Gasteiger partial charge is 0.405 e. The van der Waals surface area contributed by atoms with Crippen molar-refractivity contribution in [2.75, 3.05) is 18.8 Å². The highest BCUT2D eigenvalue weighted by molar-refractivity contribution is 7.15. The fourth-order valence-electron chi connectivity index (χ4n) is 3.33. The molecule has 0 spiro atoms. The number of nitrogens with zero attached hydrogens (tertiary/aromatic N) is 2. The number of carbonyl (C=O) groups excluding carboxylic acids is 1. The molecule has 3 rings (SSSR count). The number of aryl methyl sites for hydroxylation is 1. The minimum absolute atomic E-state index is 0.0438. The number of hydrogen-bond donors (Lipinski definition) is 3. The lowest BCUT2D eigenvalue weighted by Crippen LogP contribution is -2.52. The highest BCUT2D eigenvalue weighted by Crippen LogP contribution is 2.33. The van der Waals surface area contributed by atoms with E-state index < -0.39 is 18.3 Å². The SMILES string of the molecule is Nc1nc2c(s1)CC([C@H](NC(=O)O)C(=O)N1CC[C@H](F)C1)CC2. The molecule has 0 bridgehead atoms.